The van der Waals surface area contributed by atoms with Gasteiger partial charge in [0.25, 0.3) is 0 Å². The Morgan fingerprint density at radius 1 is 0.905 bits per heavy atom. The minimum atomic E-state index is 0.183. The number of piperazine rings is 1. The minimum Gasteiger partial charge on any atom is -0.482 e. The van der Waals surface area contributed by atoms with Crippen molar-refractivity contribution in [3.8, 4) is 0 Å². The molecule has 2 aromatic rings. The summed E-state index contributed by atoms with van der Waals surface area (Å²) in [6, 6.07) is 16.8. The van der Waals surface area contributed by atoms with E-state index >= 15 is 0 Å². The van der Waals surface area contributed by atoms with Gasteiger partial charge in [-0.15, -0.1) is 0 Å². The summed E-state index contributed by atoms with van der Waals surface area (Å²) in [5, 5.41) is 7.57. The lowest BCUT2D eigenvalue weighted by Gasteiger charge is -2.37. The number of carbonyl (C=O) groups is 1. The van der Waals surface area contributed by atoms with Gasteiger partial charge in [0, 0.05) is 63.4 Å². The van der Waals surface area contributed by atoms with E-state index in [1.165, 1.54) is 34.9 Å². The largest absolute Gasteiger partial charge is 0.482 e. The number of ether oxygens (including phenoxy) is 1. The molecule has 0 radical (unpaired) electrons. The predicted molar refractivity (Wildman–Crippen MR) is 176 cm³/mol. The number of rotatable bonds is 5. The van der Waals surface area contributed by atoms with Crippen LogP contribution in [0.5, 0.6) is 0 Å². The SMILES string of the molecule is CCO.CN.CO/C(=C1\CCN(C(C)(C)C)C1)N1CCN(C(=O)CCc2ccccc2C)CC1.Cc1cccc(C)c1. The Morgan fingerprint density at radius 2 is 1.45 bits per heavy atom. The van der Waals surface area contributed by atoms with Crippen molar-refractivity contribution < 1.29 is 14.6 Å². The number of methoxy groups -OCH3 is 1. The summed E-state index contributed by atoms with van der Waals surface area (Å²) in [7, 11) is 3.28. The fraction of sp³-hybridized carbons (Fsp3) is 0.571. The van der Waals surface area contributed by atoms with E-state index in [-0.39, 0.29) is 18.1 Å². The highest BCUT2D eigenvalue weighted by molar-refractivity contribution is 5.76. The Balaban J connectivity index is 0.000000566. The predicted octanol–water partition coefficient (Wildman–Crippen LogP) is 5.31. The number of nitrogens with two attached hydrogens (primary N) is 1. The molecule has 7 heteroatoms. The summed E-state index contributed by atoms with van der Waals surface area (Å²) in [5.74, 6) is 1.29. The van der Waals surface area contributed by atoms with Crippen LogP contribution < -0.4 is 5.73 Å². The van der Waals surface area contributed by atoms with Crippen molar-refractivity contribution >= 4 is 5.91 Å². The zero-order chi connectivity index (χ0) is 31.7. The molecule has 236 valence electrons. The molecule has 2 aliphatic rings. The second-order valence-corrected chi connectivity index (χ2v) is 11.7. The third-order valence-corrected chi connectivity index (χ3v) is 7.47. The fourth-order valence-corrected chi connectivity index (χ4v) is 5.16. The van der Waals surface area contributed by atoms with Gasteiger partial charge >= 0.3 is 0 Å². The van der Waals surface area contributed by atoms with Gasteiger partial charge in [0.2, 0.25) is 5.91 Å². The lowest BCUT2D eigenvalue weighted by atomic mass is 10.0. The first-order valence-electron chi connectivity index (χ1n) is 15.3. The molecule has 0 atom stereocenters. The highest BCUT2D eigenvalue weighted by atomic mass is 16.5. The molecule has 2 fully saturated rings. The number of benzene rings is 2. The number of aryl methyl sites for hydroxylation is 4. The van der Waals surface area contributed by atoms with Gasteiger partial charge in [-0.05, 0) is 79.5 Å². The highest BCUT2D eigenvalue weighted by Gasteiger charge is 2.31. The van der Waals surface area contributed by atoms with Crippen LogP contribution >= 0.6 is 0 Å². The lowest BCUT2D eigenvalue weighted by molar-refractivity contribution is -0.133. The van der Waals surface area contributed by atoms with Gasteiger partial charge < -0.3 is 25.4 Å². The first-order chi connectivity index (χ1) is 20.0. The Kier molecular flexibility index (Phi) is 17.1. The van der Waals surface area contributed by atoms with Gasteiger partial charge in [0.1, 0.15) is 0 Å². The van der Waals surface area contributed by atoms with E-state index in [1.807, 2.05) is 11.0 Å². The summed E-state index contributed by atoms with van der Waals surface area (Å²) in [6.07, 6.45) is 2.47. The van der Waals surface area contributed by atoms with Gasteiger partial charge in [-0.2, -0.15) is 0 Å². The van der Waals surface area contributed by atoms with E-state index in [4.69, 9.17) is 9.84 Å². The van der Waals surface area contributed by atoms with Crippen LogP contribution in [0.15, 0.2) is 60.0 Å². The van der Waals surface area contributed by atoms with Crippen molar-refractivity contribution in [3.05, 3.63) is 82.2 Å². The second kappa shape index (κ2) is 19.3. The van der Waals surface area contributed by atoms with Crippen LogP contribution in [-0.2, 0) is 16.0 Å². The average molecular weight is 583 g/mol. The molecule has 0 aromatic heterocycles. The molecule has 42 heavy (non-hydrogen) atoms. The zero-order valence-electron chi connectivity index (χ0n) is 27.9. The molecular weight excluding hydrogens is 524 g/mol. The number of amides is 1. The molecule has 3 N–H and O–H groups in total. The van der Waals surface area contributed by atoms with E-state index in [2.05, 4.69) is 99.5 Å². The Labute approximate surface area is 256 Å². The summed E-state index contributed by atoms with van der Waals surface area (Å²) in [6.45, 7) is 20.4. The van der Waals surface area contributed by atoms with Crippen molar-refractivity contribution in [2.24, 2.45) is 5.73 Å². The van der Waals surface area contributed by atoms with Gasteiger partial charge in [-0.3, -0.25) is 9.69 Å². The van der Waals surface area contributed by atoms with E-state index in [0.717, 1.165) is 58.0 Å². The molecule has 0 bridgehead atoms. The van der Waals surface area contributed by atoms with Gasteiger partial charge in [-0.1, -0.05) is 59.7 Å². The summed E-state index contributed by atoms with van der Waals surface area (Å²) >= 11 is 0. The fourth-order valence-electron chi connectivity index (χ4n) is 5.16. The molecule has 1 amide bonds. The molecule has 7 nitrogen and oxygen atoms in total. The van der Waals surface area contributed by atoms with Crippen LogP contribution in [-0.4, -0.2) is 91.3 Å². The quantitative estimate of drug-likeness (QED) is 0.465. The molecule has 2 heterocycles. The smallest absolute Gasteiger partial charge is 0.223 e. The molecule has 2 saturated heterocycles. The van der Waals surface area contributed by atoms with Gasteiger partial charge in [-0.25, -0.2) is 0 Å². The first-order valence-corrected chi connectivity index (χ1v) is 15.3. The van der Waals surface area contributed by atoms with Crippen LogP contribution in [0.2, 0.25) is 0 Å². The number of likely N-dealkylation sites (tertiary alicyclic amines) is 1. The molecule has 0 spiro atoms. The third kappa shape index (κ3) is 12.6. The normalized spacial score (nSPS) is 16.3. The summed E-state index contributed by atoms with van der Waals surface area (Å²) in [5.41, 5.74) is 11.3. The second-order valence-electron chi connectivity index (χ2n) is 11.7. The van der Waals surface area contributed by atoms with Crippen molar-refractivity contribution in [3.63, 3.8) is 0 Å². The van der Waals surface area contributed by atoms with E-state index in [9.17, 15) is 4.79 Å². The number of aliphatic hydroxyl groups excluding tert-OH is 1. The number of hydrogen-bond acceptors (Lipinski definition) is 6. The first kappa shape index (κ1) is 37.2. The van der Waals surface area contributed by atoms with Crippen molar-refractivity contribution in [2.75, 3.05) is 60.0 Å². The molecule has 0 saturated carbocycles. The highest BCUT2D eigenvalue weighted by Crippen LogP contribution is 2.28. The summed E-state index contributed by atoms with van der Waals surface area (Å²) in [4.78, 5) is 19.5. The number of aliphatic hydroxyl groups is 1. The molecule has 2 aliphatic heterocycles. The van der Waals surface area contributed by atoms with E-state index in [1.54, 1.807) is 14.0 Å². The van der Waals surface area contributed by atoms with Crippen LogP contribution in [0.1, 0.15) is 62.8 Å². The maximum atomic E-state index is 12.7. The van der Waals surface area contributed by atoms with Crippen molar-refractivity contribution in [2.45, 2.75) is 73.3 Å². The number of hydrogen-bond donors (Lipinski definition) is 2. The van der Waals surface area contributed by atoms with Crippen LogP contribution in [0.3, 0.4) is 0 Å². The van der Waals surface area contributed by atoms with Crippen LogP contribution in [0, 0.1) is 20.8 Å². The molecular formula is C35H58N4O3. The van der Waals surface area contributed by atoms with Crippen LogP contribution in [0.4, 0.5) is 0 Å². The third-order valence-electron chi connectivity index (χ3n) is 7.47. The minimum absolute atomic E-state index is 0.183. The molecule has 0 unspecified atom stereocenters. The molecule has 4 rings (SSSR count). The maximum absolute atomic E-state index is 12.7. The Hall–Kier alpha value is -2.87. The summed E-state index contributed by atoms with van der Waals surface area (Å²) < 4.78 is 5.82. The number of nitrogens with zero attached hydrogens (tertiary/aromatic N) is 3. The van der Waals surface area contributed by atoms with E-state index in [0.29, 0.717) is 6.42 Å². The maximum Gasteiger partial charge on any atom is 0.223 e. The van der Waals surface area contributed by atoms with E-state index < -0.39 is 0 Å². The van der Waals surface area contributed by atoms with Crippen LogP contribution in [0.25, 0.3) is 0 Å². The Morgan fingerprint density at radius 3 is 1.90 bits per heavy atom. The van der Waals surface area contributed by atoms with Gasteiger partial charge in [0.15, 0.2) is 5.88 Å². The standard InChI is InChI=1S/C24H37N3O2.C8H10.C2H6O.CH5N/c1-19-8-6-7-9-20(19)10-11-22(28)25-14-16-26(17-15-25)23(29-5)21-12-13-27(18-21)24(2,3)4;1-7-4-3-5-8(2)6-7;1-2-3;1-2/h6-9H,10-18H2,1-5H3;3-6H,1-2H3;3H,2H2,1H3;2H2,1H3/b23-21+;;;. The monoisotopic (exact) mass is 582 g/mol. The number of carbonyl (C=O) groups excluding carboxylic acids is 1. The lowest BCUT2D eigenvalue weighted by Crippen LogP contribution is -2.48. The van der Waals surface area contributed by atoms with Crippen molar-refractivity contribution in [1.29, 1.82) is 0 Å². The zero-order valence-corrected chi connectivity index (χ0v) is 27.9. The molecule has 0 aliphatic carbocycles. The van der Waals surface area contributed by atoms with Gasteiger partial charge in [0.05, 0.1) is 7.11 Å². The molecule has 2 aromatic carbocycles. The average Bonchev–Trinajstić information content (AvgIpc) is 3.46. The topological polar surface area (TPSA) is 82.3 Å². The van der Waals surface area contributed by atoms with Crippen molar-refractivity contribution in [1.82, 2.24) is 14.7 Å². The Bertz CT molecular complexity index is 1070.